The maximum Gasteiger partial charge on any atom is 0.137 e. The highest BCUT2D eigenvalue weighted by Gasteiger charge is 2.12. The first kappa shape index (κ1) is 15.1. The molecular weight excluding hydrogens is 269 g/mol. The molecule has 2 aromatic rings. The second kappa shape index (κ2) is 6.42. The average molecular weight is 289 g/mol. The summed E-state index contributed by atoms with van der Waals surface area (Å²) in [6, 6.07) is 11.5. The number of rotatable bonds is 4. The predicted octanol–water partition coefficient (Wildman–Crippen LogP) is 4.48. The number of aryl methyl sites for hydroxylation is 2. The molecule has 0 aromatic heterocycles. The SMILES string of the molecule is Cc1ccc(C)c(Sc2c(F)cccc2CC(C)N)c1. The van der Waals surface area contributed by atoms with Crippen LogP contribution >= 0.6 is 11.8 Å². The fraction of sp³-hybridized carbons (Fsp3) is 0.294. The van der Waals surface area contributed by atoms with Gasteiger partial charge in [0.25, 0.3) is 0 Å². The van der Waals surface area contributed by atoms with Crippen molar-refractivity contribution in [3.05, 3.63) is 58.9 Å². The Bertz CT molecular complexity index is 608. The molecule has 2 N–H and O–H groups in total. The lowest BCUT2D eigenvalue weighted by Crippen LogP contribution is -2.18. The Morgan fingerprint density at radius 2 is 1.95 bits per heavy atom. The topological polar surface area (TPSA) is 26.0 Å². The molecule has 0 radical (unpaired) electrons. The van der Waals surface area contributed by atoms with Gasteiger partial charge in [-0.15, -0.1) is 0 Å². The van der Waals surface area contributed by atoms with Gasteiger partial charge in [0.2, 0.25) is 0 Å². The van der Waals surface area contributed by atoms with Gasteiger partial charge in [-0.25, -0.2) is 4.39 Å². The lowest BCUT2D eigenvalue weighted by atomic mass is 10.1. The van der Waals surface area contributed by atoms with Gasteiger partial charge in [-0.1, -0.05) is 36.0 Å². The third kappa shape index (κ3) is 3.62. The van der Waals surface area contributed by atoms with Gasteiger partial charge in [0.1, 0.15) is 5.82 Å². The van der Waals surface area contributed by atoms with Crippen LogP contribution in [0, 0.1) is 19.7 Å². The van der Waals surface area contributed by atoms with Crippen LogP contribution in [0.15, 0.2) is 46.2 Å². The lowest BCUT2D eigenvalue weighted by molar-refractivity contribution is 0.592. The van der Waals surface area contributed by atoms with Crippen molar-refractivity contribution < 1.29 is 4.39 Å². The summed E-state index contributed by atoms with van der Waals surface area (Å²) in [6.07, 6.45) is 0.685. The minimum Gasteiger partial charge on any atom is -0.328 e. The van der Waals surface area contributed by atoms with Crippen molar-refractivity contribution >= 4 is 11.8 Å². The van der Waals surface area contributed by atoms with Crippen LogP contribution < -0.4 is 5.73 Å². The highest BCUT2D eigenvalue weighted by atomic mass is 32.2. The normalized spacial score (nSPS) is 12.4. The fourth-order valence-corrected chi connectivity index (χ4v) is 3.24. The van der Waals surface area contributed by atoms with Crippen LogP contribution in [0.25, 0.3) is 0 Å². The minimum absolute atomic E-state index is 0.0229. The highest BCUT2D eigenvalue weighted by molar-refractivity contribution is 7.99. The quantitative estimate of drug-likeness (QED) is 0.898. The third-order valence-electron chi connectivity index (χ3n) is 3.15. The van der Waals surface area contributed by atoms with E-state index >= 15 is 0 Å². The molecule has 0 bridgehead atoms. The van der Waals surface area contributed by atoms with Crippen LogP contribution in [-0.4, -0.2) is 6.04 Å². The molecule has 0 fully saturated rings. The zero-order chi connectivity index (χ0) is 14.7. The van der Waals surface area contributed by atoms with Gasteiger partial charge in [0, 0.05) is 10.9 Å². The van der Waals surface area contributed by atoms with Gasteiger partial charge in [-0.05, 0) is 56.0 Å². The van der Waals surface area contributed by atoms with Crippen LogP contribution in [0.2, 0.25) is 0 Å². The Kier molecular flexibility index (Phi) is 4.84. The summed E-state index contributed by atoms with van der Waals surface area (Å²) in [5.41, 5.74) is 9.18. The van der Waals surface area contributed by atoms with E-state index in [4.69, 9.17) is 5.73 Å². The third-order valence-corrected chi connectivity index (χ3v) is 4.47. The molecule has 106 valence electrons. The average Bonchev–Trinajstić information content (AvgIpc) is 2.37. The van der Waals surface area contributed by atoms with Crippen molar-refractivity contribution in [3.8, 4) is 0 Å². The molecule has 20 heavy (non-hydrogen) atoms. The molecule has 3 heteroatoms. The van der Waals surface area contributed by atoms with Crippen molar-refractivity contribution in [2.75, 3.05) is 0 Å². The first-order chi connectivity index (χ1) is 9.47. The Hall–Kier alpha value is -1.32. The number of hydrogen-bond acceptors (Lipinski definition) is 2. The summed E-state index contributed by atoms with van der Waals surface area (Å²) in [4.78, 5) is 1.79. The second-order valence-electron chi connectivity index (χ2n) is 5.28. The maximum absolute atomic E-state index is 14.2. The Labute approximate surface area is 124 Å². The molecule has 1 nitrogen and oxygen atoms in total. The molecule has 0 aliphatic carbocycles. The van der Waals surface area contributed by atoms with Gasteiger partial charge >= 0.3 is 0 Å². The minimum atomic E-state index is -0.172. The number of halogens is 1. The van der Waals surface area contributed by atoms with Crippen LogP contribution in [0.3, 0.4) is 0 Å². The molecule has 0 aliphatic rings. The molecule has 2 aromatic carbocycles. The first-order valence-corrected chi connectivity index (χ1v) is 7.57. The van der Waals surface area contributed by atoms with E-state index < -0.39 is 0 Å². The van der Waals surface area contributed by atoms with E-state index in [0.717, 1.165) is 16.0 Å². The summed E-state index contributed by atoms with van der Waals surface area (Å²) < 4.78 is 14.2. The molecule has 0 saturated carbocycles. The van der Waals surface area contributed by atoms with Crippen LogP contribution in [0.1, 0.15) is 23.6 Å². The molecule has 0 spiro atoms. The zero-order valence-corrected chi connectivity index (χ0v) is 12.9. The summed E-state index contributed by atoms with van der Waals surface area (Å²) >= 11 is 1.49. The summed E-state index contributed by atoms with van der Waals surface area (Å²) in [5, 5.41) is 0. The van der Waals surface area contributed by atoms with Gasteiger partial charge in [0.05, 0.1) is 4.90 Å². The number of nitrogens with two attached hydrogens (primary N) is 1. The van der Waals surface area contributed by atoms with Crippen molar-refractivity contribution in [3.63, 3.8) is 0 Å². The van der Waals surface area contributed by atoms with E-state index in [1.807, 2.05) is 26.8 Å². The Morgan fingerprint density at radius 3 is 2.65 bits per heavy atom. The summed E-state index contributed by atoms with van der Waals surface area (Å²) in [5.74, 6) is -0.172. The molecule has 0 aliphatic heterocycles. The Balaban J connectivity index is 2.39. The van der Waals surface area contributed by atoms with Gasteiger partial charge in [0.15, 0.2) is 0 Å². The standard InChI is InChI=1S/C17H20FNS/c1-11-7-8-12(2)16(9-11)20-17-14(10-13(3)19)5-4-6-15(17)18/h4-9,13H,10,19H2,1-3H3. The van der Waals surface area contributed by atoms with E-state index in [2.05, 4.69) is 18.2 Å². The zero-order valence-electron chi connectivity index (χ0n) is 12.1. The molecular formula is C17H20FNS. The molecule has 2 rings (SSSR count). The smallest absolute Gasteiger partial charge is 0.137 e. The van der Waals surface area contributed by atoms with E-state index in [1.54, 1.807) is 6.07 Å². The van der Waals surface area contributed by atoms with E-state index in [0.29, 0.717) is 11.3 Å². The second-order valence-corrected chi connectivity index (χ2v) is 6.33. The Morgan fingerprint density at radius 1 is 1.20 bits per heavy atom. The monoisotopic (exact) mass is 289 g/mol. The van der Waals surface area contributed by atoms with Gasteiger partial charge in [-0.2, -0.15) is 0 Å². The van der Waals surface area contributed by atoms with Crippen molar-refractivity contribution in [1.82, 2.24) is 0 Å². The molecule has 0 amide bonds. The van der Waals surface area contributed by atoms with E-state index in [9.17, 15) is 4.39 Å². The first-order valence-electron chi connectivity index (χ1n) is 6.75. The summed E-state index contributed by atoms with van der Waals surface area (Å²) in [6.45, 7) is 6.04. The molecule has 1 atom stereocenters. The largest absolute Gasteiger partial charge is 0.328 e. The van der Waals surface area contributed by atoms with Crippen LogP contribution in [0.5, 0.6) is 0 Å². The van der Waals surface area contributed by atoms with Gasteiger partial charge in [-0.3, -0.25) is 0 Å². The molecule has 0 saturated heterocycles. The maximum atomic E-state index is 14.2. The van der Waals surface area contributed by atoms with Crippen molar-refractivity contribution in [1.29, 1.82) is 0 Å². The van der Waals surface area contributed by atoms with Gasteiger partial charge < -0.3 is 5.73 Å². The predicted molar refractivity (Wildman–Crippen MR) is 83.8 cm³/mol. The van der Waals surface area contributed by atoms with E-state index in [-0.39, 0.29) is 11.9 Å². The number of benzene rings is 2. The molecule has 1 unspecified atom stereocenters. The fourth-order valence-electron chi connectivity index (χ4n) is 2.10. The van der Waals surface area contributed by atoms with Crippen LogP contribution in [-0.2, 0) is 6.42 Å². The molecule has 0 heterocycles. The van der Waals surface area contributed by atoms with Crippen LogP contribution in [0.4, 0.5) is 4.39 Å². The van der Waals surface area contributed by atoms with Crippen molar-refractivity contribution in [2.45, 2.75) is 43.0 Å². The highest BCUT2D eigenvalue weighted by Crippen LogP contribution is 2.35. The van der Waals surface area contributed by atoms with E-state index in [1.165, 1.54) is 23.4 Å². The summed E-state index contributed by atoms with van der Waals surface area (Å²) in [7, 11) is 0. The van der Waals surface area contributed by atoms with Crippen molar-refractivity contribution in [2.24, 2.45) is 5.73 Å². The number of hydrogen-bond donors (Lipinski definition) is 1. The lowest BCUT2D eigenvalue weighted by Gasteiger charge is -2.13.